The number of nitrogens with one attached hydrogen (secondary N) is 2. The Bertz CT molecular complexity index is 512. The number of carbonyl (C=O) groups is 2. The first kappa shape index (κ1) is 19.5. The second-order valence-corrected chi connectivity index (χ2v) is 7.54. The number of carbonyl (C=O) groups excluding carboxylic acids is 2. The molecule has 0 aromatic heterocycles. The molecule has 1 unspecified atom stereocenters. The number of hydrogen-bond acceptors (Lipinski definition) is 3. The van der Waals surface area contributed by atoms with Crippen LogP contribution in [0.25, 0.3) is 0 Å². The van der Waals surface area contributed by atoms with Gasteiger partial charge in [0.05, 0.1) is 12.0 Å². The second-order valence-electron chi connectivity index (χ2n) is 7.54. The zero-order valence-corrected chi connectivity index (χ0v) is 16.1. The van der Waals surface area contributed by atoms with Crippen LogP contribution in [0.5, 0.6) is 0 Å². The predicted octanol–water partition coefficient (Wildman–Crippen LogP) is 0.811. The highest BCUT2D eigenvalue weighted by Gasteiger charge is 2.42. The molecule has 2 rings (SSSR count). The third-order valence-corrected chi connectivity index (χ3v) is 5.27. The third-order valence-electron chi connectivity index (χ3n) is 5.27. The monoisotopic (exact) mass is 351 g/mol. The molecule has 0 spiro atoms. The van der Waals surface area contributed by atoms with Crippen molar-refractivity contribution in [3.05, 3.63) is 0 Å². The van der Waals surface area contributed by atoms with E-state index in [1.807, 2.05) is 28.1 Å². The molecule has 25 heavy (non-hydrogen) atoms. The van der Waals surface area contributed by atoms with Crippen LogP contribution in [0, 0.1) is 5.41 Å². The number of piperidine rings is 1. The summed E-state index contributed by atoms with van der Waals surface area (Å²) in [6, 6.07) is 0.199. The number of guanidine groups is 1. The number of amides is 2. The minimum atomic E-state index is -0.356. The summed E-state index contributed by atoms with van der Waals surface area (Å²) in [5.74, 6) is 1.13. The van der Waals surface area contributed by atoms with Gasteiger partial charge in [0, 0.05) is 46.7 Å². The van der Waals surface area contributed by atoms with Crippen molar-refractivity contribution >= 4 is 17.8 Å². The van der Waals surface area contributed by atoms with Gasteiger partial charge in [-0.1, -0.05) is 12.8 Å². The van der Waals surface area contributed by atoms with Gasteiger partial charge in [-0.05, 0) is 26.2 Å². The molecule has 2 fully saturated rings. The summed E-state index contributed by atoms with van der Waals surface area (Å²) < 4.78 is 0. The highest BCUT2D eigenvalue weighted by atomic mass is 16.2. The molecule has 0 aromatic rings. The first-order valence-electron chi connectivity index (χ1n) is 9.38. The van der Waals surface area contributed by atoms with Gasteiger partial charge in [0.2, 0.25) is 11.8 Å². The van der Waals surface area contributed by atoms with Crippen molar-refractivity contribution in [2.75, 3.05) is 40.8 Å². The number of aliphatic imine (C=N–C) groups is 1. The van der Waals surface area contributed by atoms with E-state index in [1.165, 1.54) is 0 Å². The lowest BCUT2D eigenvalue weighted by atomic mass is 9.85. The largest absolute Gasteiger partial charge is 0.357 e. The van der Waals surface area contributed by atoms with E-state index in [9.17, 15) is 9.59 Å². The SMILES string of the molecule is CCNC(=NCC1(C(=O)N(C)C)CCCC1)NC1CCC(=O)N(C)C1. The van der Waals surface area contributed by atoms with Crippen molar-refractivity contribution in [3.8, 4) is 0 Å². The lowest BCUT2D eigenvalue weighted by molar-refractivity contribution is -0.138. The van der Waals surface area contributed by atoms with Gasteiger partial charge in [-0.3, -0.25) is 14.6 Å². The quantitative estimate of drug-likeness (QED) is 0.568. The Morgan fingerprint density at radius 3 is 2.60 bits per heavy atom. The van der Waals surface area contributed by atoms with Gasteiger partial charge < -0.3 is 20.4 Å². The highest BCUT2D eigenvalue weighted by molar-refractivity contribution is 5.84. The topological polar surface area (TPSA) is 77.0 Å². The molecule has 2 amide bonds. The predicted molar refractivity (Wildman–Crippen MR) is 99.4 cm³/mol. The smallest absolute Gasteiger partial charge is 0.230 e. The van der Waals surface area contributed by atoms with Crippen LogP contribution in [0.1, 0.15) is 45.4 Å². The average Bonchev–Trinajstić information content (AvgIpc) is 3.05. The fourth-order valence-corrected chi connectivity index (χ4v) is 3.84. The lowest BCUT2D eigenvalue weighted by Crippen LogP contribution is -2.52. The van der Waals surface area contributed by atoms with Crippen molar-refractivity contribution in [2.45, 2.75) is 51.5 Å². The fourth-order valence-electron chi connectivity index (χ4n) is 3.84. The van der Waals surface area contributed by atoms with E-state index in [-0.39, 0.29) is 23.3 Å². The number of nitrogens with zero attached hydrogens (tertiary/aromatic N) is 3. The molecular formula is C18H33N5O2. The maximum atomic E-state index is 12.7. The normalized spacial score (nSPS) is 23.5. The Morgan fingerprint density at radius 1 is 1.36 bits per heavy atom. The van der Waals surface area contributed by atoms with Gasteiger partial charge in [-0.25, -0.2) is 0 Å². The standard InChI is InChI=1S/C18H33N5O2/c1-5-19-17(21-14-8-9-15(24)23(4)12-14)20-13-18(10-6-7-11-18)16(25)22(2)3/h14H,5-13H2,1-4H3,(H2,19,20,21). The molecule has 0 radical (unpaired) electrons. The van der Waals surface area contributed by atoms with Gasteiger partial charge in [-0.2, -0.15) is 0 Å². The van der Waals surface area contributed by atoms with Crippen LogP contribution in [0.15, 0.2) is 4.99 Å². The van der Waals surface area contributed by atoms with E-state index in [2.05, 4.69) is 10.6 Å². The van der Waals surface area contributed by atoms with Crippen LogP contribution in [0.2, 0.25) is 0 Å². The van der Waals surface area contributed by atoms with E-state index in [4.69, 9.17) is 4.99 Å². The van der Waals surface area contributed by atoms with Crippen molar-refractivity contribution in [2.24, 2.45) is 10.4 Å². The molecule has 1 aliphatic carbocycles. The molecule has 1 saturated carbocycles. The van der Waals surface area contributed by atoms with Crippen LogP contribution in [0.4, 0.5) is 0 Å². The molecule has 2 N–H and O–H groups in total. The number of likely N-dealkylation sites (tertiary alicyclic amines) is 1. The molecule has 1 atom stereocenters. The Balaban J connectivity index is 2.05. The molecule has 7 heteroatoms. The summed E-state index contributed by atoms with van der Waals surface area (Å²) in [5, 5.41) is 6.71. The van der Waals surface area contributed by atoms with E-state index in [0.717, 1.165) is 44.6 Å². The van der Waals surface area contributed by atoms with Crippen LogP contribution in [0.3, 0.4) is 0 Å². The van der Waals surface area contributed by atoms with E-state index >= 15 is 0 Å². The molecule has 2 aliphatic rings. The van der Waals surface area contributed by atoms with Crippen molar-refractivity contribution in [1.82, 2.24) is 20.4 Å². The fraction of sp³-hybridized carbons (Fsp3) is 0.833. The van der Waals surface area contributed by atoms with Gasteiger partial charge in [0.15, 0.2) is 5.96 Å². The summed E-state index contributed by atoms with van der Waals surface area (Å²) in [4.78, 5) is 32.5. The first-order valence-corrected chi connectivity index (χ1v) is 9.38. The summed E-state index contributed by atoms with van der Waals surface area (Å²) in [6.45, 7) is 4.00. The first-order chi connectivity index (χ1) is 11.9. The summed E-state index contributed by atoms with van der Waals surface area (Å²) in [6.07, 6.45) is 5.39. The summed E-state index contributed by atoms with van der Waals surface area (Å²) >= 11 is 0. The molecule has 0 aromatic carbocycles. The number of likely N-dealkylation sites (N-methyl/N-ethyl adjacent to an activating group) is 1. The van der Waals surface area contributed by atoms with Crippen LogP contribution in [-0.2, 0) is 9.59 Å². The van der Waals surface area contributed by atoms with E-state index < -0.39 is 0 Å². The zero-order chi connectivity index (χ0) is 18.4. The minimum Gasteiger partial charge on any atom is -0.357 e. The molecule has 1 aliphatic heterocycles. The van der Waals surface area contributed by atoms with Crippen molar-refractivity contribution < 1.29 is 9.59 Å². The molecular weight excluding hydrogens is 318 g/mol. The molecule has 0 bridgehead atoms. The molecule has 1 saturated heterocycles. The number of rotatable bonds is 5. The van der Waals surface area contributed by atoms with Gasteiger partial charge in [-0.15, -0.1) is 0 Å². The highest BCUT2D eigenvalue weighted by Crippen LogP contribution is 2.39. The number of hydrogen-bond donors (Lipinski definition) is 2. The zero-order valence-electron chi connectivity index (χ0n) is 16.1. The maximum absolute atomic E-state index is 12.7. The van der Waals surface area contributed by atoms with Gasteiger partial charge in [0.1, 0.15) is 0 Å². The maximum Gasteiger partial charge on any atom is 0.230 e. The molecule has 142 valence electrons. The lowest BCUT2D eigenvalue weighted by Gasteiger charge is -2.32. The van der Waals surface area contributed by atoms with Crippen LogP contribution in [-0.4, -0.2) is 74.4 Å². The van der Waals surface area contributed by atoms with Gasteiger partial charge >= 0.3 is 0 Å². The molecule has 7 nitrogen and oxygen atoms in total. The van der Waals surface area contributed by atoms with Crippen molar-refractivity contribution in [1.29, 1.82) is 0 Å². The Morgan fingerprint density at radius 2 is 2.04 bits per heavy atom. The van der Waals surface area contributed by atoms with E-state index in [0.29, 0.717) is 19.5 Å². The summed E-state index contributed by atoms with van der Waals surface area (Å²) in [5.41, 5.74) is -0.356. The Hall–Kier alpha value is -1.79. The van der Waals surface area contributed by atoms with E-state index in [1.54, 1.807) is 9.80 Å². The third kappa shape index (κ3) is 4.86. The summed E-state index contributed by atoms with van der Waals surface area (Å²) in [7, 11) is 5.48. The van der Waals surface area contributed by atoms with Crippen LogP contribution < -0.4 is 10.6 Å². The van der Waals surface area contributed by atoms with Gasteiger partial charge in [0.25, 0.3) is 0 Å². The van der Waals surface area contributed by atoms with Crippen LogP contribution >= 0.6 is 0 Å². The molecule has 1 heterocycles. The Kier molecular flexibility index (Phi) is 6.67. The minimum absolute atomic E-state index is 0.188. The van der Waals surface area contributed by atoms with Crippen molar-refractivity contribution in [3.63, 3.8) is 0 Å². The Labute approximate surface area is 151 Å². The second kappa shape index (κ2) is 8.54. The average molecular weight is 351 g/mol.